The summed E-state index contributed by atoms with van der Waals surface area (Å²) in [4.78, 5) is 10.4. The van der Waals surface area contributed by atoms with E-state index in [0.717, 1.165) is 22.3 Å². The number of fused-ring (bicyclic) bond motifs is 1. The highest BCUT2D eigenvalue weighted by Gasteiger charge is 2.14. The Labute approximate surface area is 122 Å². The topological polar surface area (TPSA) is 73.8 Å². The van der Waals surface area contributed by atoms with Gasteiger partial charge in [0.1, 0.15) is 5.52 Å². The number of hydrogen-bond donors (Lipinski definition) is 0. The molecule has 1 aromatic heterocycles. The standard InChI is InChI=1S/C13H9BrN4O2/c14-8-9-7-10(18(19)20)5-6-12(9)17-13-4-2-1-3-11(13)15-16-17/h1-7H,8H2. The summed E-state index contributed by atoms with van der Waals surface area (Å²) in [5.74, 6) is 0. The maximum Gasteiger partial charge on any atom is 0.269 e. The molecule has 0 saturated heterocycles. The van der Waals surface area contributed by atoms with Gasteiger partial charge in [-0.15, -0.1) is 5.10 Å². The normalized spacial score (nSPS) is 10.8. The monoisotopic (exact) mass is 332 g/mol. The van der Waals surface area contributed by atoms with Gasteiger partial charge in [-0.05, 0) is 23.8 Å². The van der Waals surface area contributed by atoms with Crippen molar-refractivity contribution in [3.8, 4) is 5.69 Å². The van der Waals surface area contributed by atoms with Crippen LogP contribution in [0, 0.1) is 10.1 Å². The third-order valence-corrected chi connectivity index (χ3v) is 3.60. The molecular weight excluding hydrogens is 324 g/mol. The second-order valence-electron chi connectivity index (χ2n) is 4.19. The van der Waals surface area contributed by atoms with E-state index in [1.54, 1.807) is 16.8 Å². The van der Waals surface area contributed by atoms with E-state index in [9.17, 15) is 10.1 Å². The summed E-state index contributed by atoms with van der Waals surface area (Å²) in [6, 6.07) is 12.3. The Balaban J connectivity index is 2.21. The number of hydrogen-bond acceptors (Lipinski definition) is 4. The molecule has 0 amide bonds. The van der Waals surface area contributed by atoms with Crippen molar-refractivity contribution in [3.63, 3.8) is 0 Å². The first kappa shape index (κ1) is 12.7. The van der Waals surface area contributed by atoms with Crippen molar-refractivity contribution in [2.24, 2.45) is 0 Å². The van der Waals surface area contributed by atoms with Gasteiger partial charge in [0, 0.05) is 17.5 Å². The number of para-hydroxylation sites is 1. The van der Waals surface area contributed by atoms with Crippen molar-refractivity contribution in [1.29, 1.82) is 0 Å². The molecule has 6 nitrogen and oxygen atoms in total. The van der Waals surface area contributed by atoms with Gasteiger partial charge in [0.05, 0.1) is 16.1 Å². The van der Waals surface area contributed by atoms with E-state index in [4.69, 9.17) is 0 Å². The Morgan fingerprint density at radius 1 is 1.25 bits per heavy atom. The number of rotatable bonds is 3. The molecule has 0 atom stereocenters. The molecule has 0 spiro atoms. The highest BCUT2D eigenvalue weighted by molar-refractivity contribution is 9.08. The average molecular weight is 333 g/mol. The van der Waals surface area contributed by atoms with Crippen LogP contribution in [0.1, 0.15) is 5.56 Å². The quantitative estimate of drug-likeness (QED) is 0.419. The summed E-state index contributed by atoms with van der Waals surface area (Å²) in [6.45, 7) is 0. The molecule has 0 aliphatic rings. The van der Waals surface area contributed by atoms with Crippen molar-refractivity contribution >= 4 is 32.7 Å². The second kappa shape index (κ2) is 5.01. The predicted octanol–water partition coefficient (Wildman–Crippen LogP) is 3.22. The fourth-order valence-corrected chi connectivity index (χ4v) is 2.50. The molecule has 0 N–H and O–H groups in total. The van der Waals surface area contributed by atoms with E-state index in [2.05, 4.69) is 26.2 Å². The second-order valence-corrected chi connectivity index (χ2v) is 4.75. The maximum atomic E-state index is 10.8. The molecule has 100 valence electrons. The van der Waals surface area contributed by atoms with Gasteiger partial charge in [-0.2, -0.15) is 0 Å². The van der Waals surface area contributed by atoms with Gasteiger partial charge in [0.15, 0.2) is 0 Å². The van der Waals surface area contributed by atoms with Gasteiger partial charge in [-0.3, -0.25) is 10.1 Å². The van der Waals surface area contributed by atoms with Crippen molar-refractivity contribution in [2.75, 3.05) is 0 Å². The molecule has 1 heterocycles. The molecule has 20 heavy (non-hydrogen) atoms. The lowest BCUT2D eigenvalue weighted by atomic mass is 10.1. The zero-order chi connectivity index (χ0) is 14.1. The summed E-state index contributed by atoms with van der Waals surface area (Å²) in [5, 5.41) is 19.5. The molecular formula is C13H9BrN4O2. The first-order chi connectivity index (χ1) is 9.70. The minimum absolute atomic E-state index is 0.0626. The molecule has 3 aromatic rings. The molecule has 0 aliphatic heterocycles. The van der Waals surface area contributed by atoms with E-state index in [1.165, 1.54) is 6.07 Å². The molecule has 0 saturated carbocycles. The Bertz CT molecular complexity index is 800. The molecule has 0 aliphatic carbocycles. The SMILES string of the molecule is O=[N+]([O-])c1ccc(-n2nnc3ccccc32)c(CBr)c1. The van der Waals surface area contributed by atoms with E-state index >= 15 is 0 Å². The third kappa shape index (κ3) is 2.05. The van der Waals surface area contributed by atoms with Crippen molar-refractivity contribution in [1.82, 2.24) is 15.0 Å². The summed E-state index contributed by atoms with van der Waals surface area (Å²) in [5.41, 5.74) is 3.28. The number of nitro benzene ring substituents is 1. The fraction of sp³-hybridized carbons (Fsp3) is 0.0769. The van der Waals surface area contributed by atoms with Gasteiger partial charge < -0.3 is 0 Å². The third-order valence-electron chi connectivity index (χ3n) is 3.00. The van der Waals surface area contributed by atoms with Crippen LogP contribution in [-0.4, -0.2) is 19.9 Å². The highest BCUT2D eigenvalue weighted by atomic mass is 79.9. The van der Waals surface area contributed by atoms with Crippen molar-refractivity contribution in [3.05, 3.63) is 58.1 Å². The summed E-state index contributed by atoms with van der Waals surface area (Å²) >= 11 is 3.36. The Morgan fingerprint density at radius 3 is 2.80 bits per heavy atom. The Hall–Kier alpha value is -2.28. The van der Waals surface area contributed by atoms with E-state index in [0.29, 0.717) is 5.33 Å². The van der Waals surface area contributed by atoms with Crippen LogP contribution in [0.3, 0.4) is 0 Å². The van der Waals surface area contributed by atoms with Gasteiger partial charge in [0.25, 0.3) is 5.69 Å². The molecule has 0 bridgehead atoms. The number of non-ortho nitro benzene ring substituents is 1. The molecule has 0 radical (unpaired) electrons. The van der Waals surface area contributed by atoms with Gasteiger partial charge in [-0.25, -0.2) is 4.68 Å². The molecule has 0 fully saturated rings. The average Bonchev–Trinajstić information content (AvgIpc) is 2.90. The van der Waals surface area contributed by atoms with Crippen LogP contribution in [0.2, 0.25) is 0 Å². The van der Waals surface area contributed by atoms with Crippen LogP contribution < -0.4 is 0 Å². The van der Waals surface area contributed by atoms with E-state index in [-0.39, 0.29) is 5.69 Å². The Morgan fingerprint density at radius 2 is 2.05 bits per heavy atom. The Kier molecular flexibility index (Phi) is 3.19. The summed E-state index contributed by atoms with van der Waals surface area (Å²) in [6.07, 6.45) is 0. The minimum Gasteiger partial charge on any atom is -0.258 e. The summed E-state index contributed by atoms with van der Waals surface area (Å²) in [7, 11) is 0. The fourth-order valence-electron chi connectivity index (χ4n) is 2.05. The number of nitro groups is 1. The van der Waals surface area contributed by atoms with Crippen LogP contribution >= 0.6 is 15.9 Å². The first-order valence-corrected chi connectivity index (χ1v) is 6.97. The molecule has 2 aromatic carbocycles. The molecule has 7 heteroatoms. The number of benzene rings is 2. The summed E-state index contributed by atoms with van der Waals surface area (Å²) < 4.78 is 1.69. The largest absolute Gasteiger partial charge is 0.269 e. The smallest absolute Gasteiger partial charge is 0.258 e. The highest BCUT2D eigenvalue weighted by Crippen LogP contribution is 2.25. The van der Waals surface area contributed by atoms with E-state index in [1.807, 2.05) is 24.3 Å². The number of alkyl halides is 1. The van der Waals surface area contributed by atoms with Crippen LogP contribution in [0.4, 0.5) is 5.69 Å². The molecule has 3 rings (SSSR count). The van der Waals surface area contributed by atoms with Gasteiger partial charge >= 0.3 is 0 Å². The van der Waals surface area contributed by atoms with Crippen LogP contribution in [0.25, 0.3) is 16.7 Å². The van der Waals surface area contributed by atoms with Crippen molar-refractivity contribution < 1.29 is 4.92 Å². The van der Waals surface area contributed by atoms with Crippen LogP contribution in [0.15, 0.2) is 42.5 Å². The lowest BCUT2D eigenvalue weighted by Crippen LogP contribution is -2.01. The minimum atomic E-state index is -0.407. The number of aromatic nitrogens is 3. The van der Waals surface area contributed by atoms with E-state index < -0.39 is 4.92 Å². The van der Waals surface area contributed by atoms with Gasteiger partial charge in [0.2, 0.25) is 0 Å². The number of nitrogens with zero attached hydrogens (tertiary/aromatic N) is 4. The first-order valence-electron chi connectivity index (χ1n) is 5.85. The van der Waals surface area contributed by atoms with Crippen molar-refractivity contribution in [2.45, 2.75) is 5.33 Å². The molecule has 0 unspecified atom stereocenters. The zero-order valence-corrected chi connectivity index (χ0v) is 11.8. The zero-order valence-electron chi connectivity index (χ0n) is 10.2. The van der Waals surface area contributed by atoms with Crippen LogP contribution in [-0.2, 0) is 5.33 Å². The van der Waals surface area contributed by atoms with Gasteiger partial charge in [-0.1, -0.05) is 33.3 Å². The number of halogens is 1. The lowest BCUT2D eigenvalue weighted by Gasteiger charge is -2.07. The predicted molar refractivity (Wildman–Crippen MR) is 78.2 cm³/mol. The lowest BCUT2D eigenvalue weighted by molar-refractivity contribution is -0.384. The maximum absolute atomic E-state index is 10.8. The van der Waals surface area contributed by atoms with Crippen LogP contribution in [0.5, 0.6) is 0 Å².